The number of rotatable bonds is 8. The van der Waals surface area contributed by atoms with Gasteiger partial charge < -0.3 is 25.8 Å². The first-order valence-corrected chi connectivity index (χ1v) is 11.6. The quantitative estimate of drug-likeness (QED) is 0.463. The second kappa shape index (κ2) is 9.68. The summed E-state index contributed by atoms with van der Waals surface area (Å²) < 4.78 is 6.53. The number of hydrogen-bond donors (Lipinski definition) is 4. The third-order valence-corrected chi connectivity index (χ3v) is 6.30. The molecule has 0 radical (unpaired) electrons. The van der Waals surface area contributed by atoms with Crippen LogP contribution in [-0.4, -0.2) is 47.3 Å². The van der Waals surface area contributed by atoms with Gasteiger partial charge in [0, 0.05) is 50.7 Å². The molecule has 1 aromatic heterocycles. The van der Waals surface area contributed by atoms with Crippen molar-refractivity contribution in [1.82, 2.24) is 15.6 Å². The number of ether oxygens (including phenoxy) is 1. The Morgan fingerprint density at radius 3 is 2.69 bits per heavy atom. The molecule has 0 aromatic carbocycles. The Hall–Kier alpha value is -2.30. The lowest BCUT2D eigenvalue weighted by atomic mass is 9.72. The highest BCUT2D eigenvalue weighted by Crippen LogP contribution is 2.51. The van der Waals surface area contributed by atoms with Gasteiger partial charge in [-0.2, -0.15) is 0 Å². The predicted molar refractivity (Wildman–Crippen MR) is 127 cm³/mol. The van der Waals surface area contributed by atoms with Crippen molar-refractivity contribution in [3.63, 3.8) is 0 Å². The second-order valence-corrected chi connectivity index (χ2v) is 10.5. The SMILES string of the molecule is C#CC[C@H](NC(C)=O)[C@H](O)CN[C@H]1CC2(CCC2)Oc2c1cc(CC(C)(C)C)nc2NC. The molecule has 4 N–H and O–H groups in total. The molecule has 7 nitrogen and oxygen atoms in total. The van der Waals surface area contributed by atoms with Crippen LogP contribution in [-0.2, 0) is 11.2 Å². The van der Waals surface area contributed by atoms with E-state index in [1.165, 1.54) is 6.92 Å². The molecule has 32 heavy (non-hydrogen) atoms. The molecular formula is C25H38N4O3. The number of fused-ring (bicyclic) bond motifs is 1. The highest BCUT2D eigenvalue weighted by atomic mass is 16.5. The van der Waals surface area contributed by atoms with Gasteiger partial charge in [-0.15, -0.1) is 12.3 Å². The maximum atomic E-state index is 11.5. The van der Waals surface area contributed by atoms with Crippen LogP contribution in [0.1, 0.15) is 77.1 Å². The van der Waals surface area contributed by atoms with Crippen molar-refractivity contribution in [3.8, 4) is 18.1 Å². The average Bonchev–Trinajstić information content (AvgIpc) is 2.68. The fourth-order valence-electron chi connectivity index (χ4n) is 4.65. The average molecular weight is 443 g/mol. The number of terminal acetylenes is 1. The number of nitrogens with zero attached hydrogens (tertiary/aromatic N) is 1. The summed E-state index contributed by atoms with van der Waals surface area (Å²) in [5, 5.41) is 20.3. The van der Waals surface area contributed by atoms with Crippen molar-refractivity contribution in [3.05, 3.63) is 17.3 Å². The Labute approximate surface area is 192 Å². The number of aromatic nitrogens is 1. The van der Waals surface area contributed by atoms with E-state index in [-0.39, 0.29) is 29.4 Å². The molecule has 0 bridgehead atoms. The Morgan fingerprint density at radius 1 is 1.44 bits per heavy atom. The topological polar surface area (TPSA) is 95.5 Å². The van der Waals surface area contributed by atoms with Crippen molar-refractivity contribution in [1.29, 1.82) is 0 Å². The van der Waals surface area contributed by atoms with Crippen LogP contribution in [0.25, 0.3) is 0 Å². The van der Waals surface area contributed by atoms with E-state index in [1.54, 1.807) is 0 Å². The number of aliphatic hydroxyl groups excluding tert-OH is 1. The van der Waals surface area contributed by atoms with E-state index in [0.717, 1.165) is 54.9 Å². The number of amides is 1. The van der Waals surface area contributed by atoms with Crippen LogP contribution in [0, 0.1) is 17.8 Å². The van der Waals surface area contributed by atoms with Gasteiger partial charge in [0.1, 0.15) is 5.60 Å². The molecule has 1 aliphatic heterocycles. The standard InChI is InChI=1S/C25H38N4O3/c1-7-9-19(28-16(2)30)21(31)15-27-20-14-25(10-8-11-25)32-22-18(20)12-17(13-24(3,4)5)29-23(22)26-6/h1,12,19-21,27,31H,8-11,13-15H2,2-6H3,(H,26,29)(H,28,30)/t19-,20-,21+/m0/s1. The summed E-state index contributed by atoms with van der Waals surface area (Å²) in [5.41, 5.74) is 2.02. The summed E-state index contributed by atoms with van der Waals surface area (Å²) in [5.74, 6) is 3.92. The van der Waals surface area contributed by atoms with E-state index in [4.69, 9.17) is 16.1 Å². The molecule has 2 heterocycles. The molecule has 3 atom stereocenters. The number of carbonyl (C=O) groups excluding carboxylic acids is 1. The van der Waals surface area contributed by atoms with Gasteiger partial charge in [0.05, 0.1) is 12.1 Å². The molecule has 0 saturated heterocycles. The molecule has 176 valence electrons. The molecule has 1 amide bonds. The molecular weight excluding hydrogens is 404 g/mol. The number of nitrogens with one attached hydrogen (secondary N) is 3. The fraction of sp³-hybridized carbons (Fsp3) is 0.680. The monoisotopic (exact) mass is 442 g/mol. The zero-order valence-electron chi connectivity index (χ0n) is 20.0. The van der Waals surface area contributed by atoms with Crippen LogP contribution in [0.5, 0.6) is 5.75 Å². The third-order valence-electron chi connectivity index (χ3n) is 6.30. The lowest BCUT2D eigenvalue weighted by Gasteiger charge is -2.48. The number of pyridine rings is 1. The highest BCUT2D eigenvalue weighted by molar-refractivity contribution is 5.73. The van der Waals surface area contributed by atoms with Crippen LogP contribution in [0.2, 0.25) is 0 Å². The third kappa shape index (κ3) is 5.73. The zero-order chi connectivity index (χ0) is 23.5. The molecule has 1 aromatic rings. The van der Waals surface area contributed by atoms with Gasteiger partial charge in [-0.3, -0.25) is 4.79 Å². The summed E-state index contributed by atoms with van der Waals surface area (Å²) in [7, 11) is 1.87. The summed E-state index contributed by atoms with van der Waals surface area (Å²) >= 11 is 0. The minimum Gasteiger partial charge on any atom is -0.483 e. The molecule has 1 saturated carbocycles. The largest absolute Gasteiger partial charge is 0.483 e. The molecule has 7 heteroatoms. The summed E-state index contributed by atoms with van der Waals surface area (Å²) in [6.07, 6.45) is 9.81. The van der Waals surface area contributed by atoms with Crippen LogP contribution >= 0.6 is 0 Å². The van der Waals surface area contributed by atoms with Crippen LogP contribution in [0.15, 0.2) is 6.07 Å². The molecule has 1 fully saturated rings. The first kappa shape index (κ1) is 24.3. The Bertz CT molecular complexity index is 867. The number of aliphatic hydroxyl groups is 1. The van der Waals surface area contributed by atoms with Crippen LogP contribution in [0.4, 0.5) is 5.82 Å². The molecule has 2 aliphatic rings. The number of anilines is 1. The second-order valence-electron chi connectivity index (χ2n) is 10.5. The van der Waals surface area contributed by atoms with Gasteiger partial charge in [-0.1, -0.05) is 20.8 Å². The maximum Gasteiger partial charge on any atom is 0.217 e. The summed E-state index contributed by atoms with van der Waals surface area (Å²) in [4.78, 5) is 16.4. The molecule has 1 spiro atoms. The summed E-state index contributed by atoms with van der Waals surface area (Å²) in [6.45, 7) is 8.35. The Balaban J connectivity index is 1.86. The Morgan fingerprint density at radius 2 is 2.16 bits per heavy atom. The fourth-order valence-corrected chi connectivity index (χ4v) is 4.65. The number of hydrogen-bond acceptors (Lipinski definition) is 6. The van der Waals surface area contributed by atoms with Gasteiger partial charge >= 0.3 is 0 Å². The lowest BCUT2D eigenvalue weighted by molar-refractivity contribution is -0.120. The molecule has 0 unspecified atom stereocenters. The minimum absolute atomic E-state index is 0.0198. The smallest absolute Gasteiger partial charge is 0.217 e. The van der Waals surface area contributed by atoms with Crippen molar-refractivity contribution < 1.29 is 14.6 Å². The van der Waals surface area contributed by atoms with Gasteiger partial charge in [0.15, 0.2) is 11.6 Å². The van der Waals surface area contributed by atoms with Crippen LogP contribution in [0.3, 0.4) is 0 Å². The van der Waals surface area contributed by atoms with E-state index in [1.807, 2.05) is 7.05 Å². The van der Waals surface area contributed by atoms with Crippen molar-refractivity contribution in [2.75, 3.05) is 18.9 Å². The van der Waals surface area contributed by atoms with Gasteiger partial charge in [-0.05, 0) is 37.2 Å². The maximum absolute atomic E-state index is 11.5. The normalized spacial score (nSPS) is 20.8. The van der Waals surface area contributed by atoms with E-state index in [2.05, 4.69) is 48.7 Å². The van der Waals surface area contributed by atoms with Gasteiger partial charge in [0.2, 0.25) is 5.91 Å². The minimum atomic E-state index is -0.793. The van der Waals surface area contributed by atoms with Crippen molar-refractivity contribution in [2.45, 2.75) is 90.0 Å². The molecule has 1 aliphatic carbocycles. The predicted octanol–water partition coefficient (Wildman–Crippen LogP) is 2.94. The lowest BCUT2D eigenvalue weighted by Crippen LogP contribution is -2.51. The first-order chi connectivity index (χ1) is 15.1. The first-order valence-electron chi connectivity index (χ1n) is 11.6. The van der Waals surface area contributed by atoms with Crippen molar-refractivity contribution >= 4 is 11.7 Å². The van der Waals surface area contributed by atoms with E-state index in [0.29, 0.717) is 6.54 Å². The Kier molecular flexibility index (Phi) is 7.36. The zero-order valence-corrected chi connectivity index (χ0v) is 20.0. The van der Waals surface area contributed by atoms with Gasteiger partial charge in [0.25, 0.3) is 0 Å². The van der Waals surface area contributed by atoms with Crippen LogP contribution < -0.4 is 20.7 Å². The van der Waals surface area contributed by atoms with E-state index >= 15 is 0 Å². The number of carbonyl (C=O) groups is 1. The molecule has 3 rings (SSSR count). The summed E-state index contributed by atoms with van der Waals surface area (Å²) in [6, 6.07) is 1.68. The van der Waals surface area contributed by atoms with Gasteiger partial charge in [-0.25, -0.2) is 4.98 Å². The van der Waals surface area contributed by atoms with E-state index < -0.39 is 12.1 Å². The van der Waals surface area contributed by atoms with E-state index in [9.17, 15) is 9.90 Å². The highest BCUT2D eigenvalue weighted by Gasteiger charge is 2.46. The van der Waals surface area contributed by atoms with Crippen molar-refractivity contribution in [2.24, 2.45) is 5.41 Å².